The molecule has 0 radical (unpaired) electrons. The van der Waals surface area contributed by atoms with E-state index in [1.807, 2.05) is 13.8 Å². The highest BCUT2D eigenvalue weighted by Crippen LogP contribution is 2.18. The number of hydrogen-bond donors (Lipinski definition) is 2. The van der Waals surface area contributed by atoms with Gasteiger partial charge in [-0.25, -0.2) is 4.68 Å². The first-order valence-corrected chi connectivity index (χ1v) is 10.2. The van der Waals surface area contributed by atoms with Gasteiger partial charge in [0.15, 0.2) is 11.5 Å². The third-order valence-corrected chi connectivity index (χ3v) is 4.77. The van der Waals surface area contributed by atoms with E-state index in [4.69, 9.17) is 4.42 Å². The van der Waals surface area contributed by atoms with Crippen LogP contribution in [0.3, 0.4) is 0 Å². The van der Waals surface area contributed by atoms with Crippen molar-refractivity contribution in [3.05, 3.63) is 88.7 Å². The minimum atomic E-state index is -0.425. The molecule has 2 heterocycles. The van der Waals surface area contributed by atoms with Crippen molar-refractivity contribution in [2.24, 2.45) is 5.92 Å². The molecule has 0 fully saturated rings. The van der Waals surface area contributed by atoms with E-state index in [0.29, 0.717) is 28.7 Å². The van der Waals surface area contributed by atoms with Crippen molar-refractivity contribution in [1.29, 1.82) is 0 Å². The fourth-order valence-electron chi connectivity index (χ4n) is 3.30. The van der Waals surface area contributed by atoms with Gasteiger partial charge in [0.25, 0.3) is 17.4 Å². The normalized spacial score (nSPS) is 11.0. The summed E-state index contributed by atoms with van der Waals surface area (Å²) in [5.74, 6) is -0.390. The quantitative estimate of drug-likeness (QED) is 0.478. The molecule has 8 heteroatoms. The number of nitrogens with zero attached hydrogens (tertiary/aromatic N) is 2. The van der Waals surface area contributed by atoms with Gasteiger partial charge in [-0.2, -0.15) is 5.10 Å². The minimum absolute atomic E-state index is 0.177. The summed E-state index contributed by atoms with van der Waals surface area (Å²) in [5, 5.41) is 10.8. The van der Waals surface area contributed by atoms with Crippen LogP contribution in [0, 0.1) is 5.92 Å². The third-order valence-electron chi connectivity index (χ3n) is 4.77. The molecule has 0 spiro atoms. The van der Waals surface area contributed by atoms with Crippen LogP contribution in [0.5, 0.6) is 0 Å². The van der Waals surface area contributed by atoms with Gasteiger partial charge in [-0.15, -0.1) is 0 Å². The summed E-state index contributed by atoms with van der Waals surface area (Å²) >= 11 is 0. The molecule has 0 aliphatic heterocycles. The number of anilines is 2. The van der Waals surface area contributed by atoms with Crippen molar-refractivity contribution in [1.82, 2.24) is 9.78 Å². The van der Waals surface area contributed by atoms with Crippen molar-refractivity contribution >= 4 is 34.0 Å². The number of rotatable bonds is 6. The summed E-state index contributed by atoms with van der Waals surface area (Å²) in [6, 6.07) is 16.8. The van der Waals surface area contributed by atoms with E-state index in [1.54, 1.807) is 60.7 Å². The number of benzene rings is 2. The highest BCUT2D eigenvalue weighted by Gasteiger charge is 2.17. The summed E-state index contributed by atoms with van der Waals surface area (Å²) < 4.78 is 6.41. The Labute approximate surface area is 183 Å². The smallest absolute Gasteiger partial charge is 0.291 e. The number of fused-ring (bicyclic) bond motifs is 1. The average molecular weight is 430 g/mol. The molecule has 0 saturated heterocycles. The van der Waals surface area contributed by atoms with Crippen LogP contribution in [0.15, 0.2) is 76.1 Å². The largest absolute Gasteiger partial charge is 0.459 e. The first-order chi connectivity index (χ1) is 15.4. The first-order valence-electron chi connectivity index (χ1n) is 10.2. The van der Waals surface area contributed by atoms with Crippen molar-refractivity contribution < 1.29 is 14.0 Å². The second-order valence-corrected chi connectivity index (χ2v) is 7.74. The molecule has 0 aliphatic carbocycles. The second-order valence-electron chi connectivity index (χ2n) is 7.74. The van der Waals surface area contributed by atoms with Gasteiger partial charge in [0.2, 0.25) is 0 Å². The fourth-order valence-corrected chi connectivity index (χ4v) is 3.30. The number of amides is 2. The van der Waals surface area contributed by atoms with Gasteiger partial charge in [0.05, 0.1) is 11.6 Å². The Bertz CT molecular complexity index is 1320. The van der Waals surface area contributed by atoms with Crippen molar-refractivity contribution in [2.45, 2.75) is 20.4 Å². The Morgan fingerprint density at radius 2 is 1.53 bits per heavy atom. The molecule has 2 N–H and O–H groups in total. The molecule has 4 aromatic rings. The lowest BCUT2D eigenvalue weighted by atomic mass is 10.1. The average Bonchev–Trinajstić information content (AvgIpc) is 3.32. The van der Waals surface area contributed by atoms with Crippen LogP contribution >= 0.6 is 0 Å². The maximum atomic E-state index is 13.0. The molecule has 8 nitrogen and oxygen atoms in total. The second kappa shape index (κ2) is 8.89. The molecule has 0 unspecified atom stereocenters. The van der Waals surface area contributed by atoms with Crippen LogP contribution in [0.2, 0.25) is 0 Å². The standard InChI is InChI=1S/C24H22N4O4/c1-15(2)14-28-24(31)19-7-4-3-6-18(19)21(27-28)23(30)26-17-11-9-16(10-12-17)25-22(29)20-8-5-13-32-20/h3-13,15H,14H2,1-2H3,(H,25,29)(H,26,30). The SMILES string of the molecule is CC(C)Cn1nc(C(=O)Nc2ccc(NC(=O)c3ccco3)cc2)c2ccccc2c1=O. The molecule has 2 aromatic carbocycles. The van der Waals surface area contributed by atoms with Gasteiger partial charge >= 0.3 is 0 Å². The van der Waals surface area contributed by atoms with E-state index in [2.05, 4.69) is 15.7 Å². The molecule has 0 saturated carbocycles. The van der Waals surface area contributed by atoms with Crippen molar-refractivity contribution in [3.63, 3.8) is 0 Å². The maximum absolute atomic E-state index is 13.0. The first kappa shape index (κ1) is 21.0. The molecule has 4 rings (SSSR count). The van der Waals surface area contributed by atoms with E-state index in [9.17, 15) is 14.4 Å². The van der Waals surface area contributed by atoms with E-state index in [-0.39, 0.29) is 28.8 Å². The lowest BCUT2D eigenvalue weighted by Gasteiger charge is -2.13. The number of furan rings is 1. The van der Waals surface area contributed by atoms with Gasteiger partial charge in [0, 0.05) is 23.3 Å². The lowest BCUT2D eigenvalue weighted by Crippen LogP contribution is -2.29. The number of aromatic nitrogens is 2. The van der Waals surface area contributed by atoms with Gasteiger partial charge in [0.1, 0.15) is 0 Å². The molecule has 0 atom stereocenters. The topological polar surface area (TPSA) is 106 Å². The van der Waals surface area contributed by atoms with E-state index < -0.39 is 5.91 Å². The minimum Gasteiger partial charge on any atom is -0.459 e. The van der Waals surface area contributed by atoms with E-state index in [0.717, 1.165) is 0 Å². The zero-order valence-electron chi connectivity index (χ0n) is 17.7. The van der Waals surface area contributed by atoms with Crippen LogP contribution < -0.4 is 16.2 Å². The van der Waals surface area contributed by atoms with Gasteiger partial charge < -0.3 is 15.1 Å². The van der Waals surface area contributed by atoms with Gasteiger partial charge in [-0.05, 0) is 48.4 Å². The highest BCUT2D eigenvalue weighted by molar-refractivity contribution is 6.11. The summed E-state index contributed by atoms with van der Waals surface area (Å²) in [7, 11) is 0. The van der Waals surface area contributed by atoms with E-state index in [1.165, 1.54) is 10.9 Å². The number of hydrogen-bond acceptors (Lipinski definition) is 5. The Morgan fingerprint density at radius 3 is 2.12 bits per heavy atom. The van der Waals surface area contributed by atoms with Crippen LogP contribution in [0.1, 0.15) is 34.9 Å². The van der Waals surface area contributed by atoms with Crippen LogP contribution in [-0.4, -0.2) is 21.6 Å². The van der Waals surface area contributed by atoms with Crippen molar-refractivity contribution in [3.8, 4) is 0 Å². The Hall–Kier alpha value is -4.20. The fraction of sp³-hybridized carbons (Fsp3) is 0.167. The zero-order valence-corrected chi connectivity index (χ0v) is 17.7. The number of carbonyl (C=O) groups is 2. The lowest BCUT2D eigenvalue weighted by molar-refractivity contribution is 0.0994. The molecule has 0 aliphatic rings. The molecular formula is C24H22N4O4. The summed E-state index contributed by atoms with van der Waals surface area (Å²) in [6.07, 6.45) is 1.43. The molecule has 162 valence electrons. The zero-order chi connectivity index (χ0) is 22.7. The van der Waals surface area contributed by atoms with Crippen LogP contribution in [0.4, 0.5) is 11.4 Å². The summed E-state index contributed by atoms with van der Waals surface area (Å²) in [6.45, 7) is 4.37. The molecular weight excluding hydrogens is 408 g/mol. The predicted octanol–water partition coefficient (Wildman–Crippen LogP) is 4.15. The maximum Gasteiger partial charge on any atom is 0.291 e. The van der Waals surface area contributed by atoms with Crippen LogP contribution in [-0.2, 0) is 6.54 Å². The number of carbonyl (C=O) groups excluding carboxylic acids is 2. The molecule has 32 heavy (non-hydrogen) atoms. The Balaban J connectivity index is 1.56. The monoisotopic (exact) mass is 430 g/mol. The van der Waals surface area contributed by atoms with E-state index >= 15 is 0 Å². The van der Waals surface area contributed by atoms with Crippen molar-refractivity contribution in [2.75, 3.05) is 10.6 Å². The summed E-state index contributed by atoms with van der Waals surface area (Å²) in [4.78, 5) is 37.8. The predicted molar refractivity (Wildman–Crippen MR) is 122 cm³/mol. The van der Waals surface area contributed by atoms with Gasteiger partial charge in [-0.3, -0.25) is 14.4 Å². The Kier molecular flexibility index (Phi) is 5.85. The molecule has 2 amide bonds. The molecule has 0 bridgehead atoms. The van der Waals surface area contributed by atoms with Crippen LogP contribution in [0.25, 0.3) is 10.8 Å². The Morgan fingerprint density at radius 1 is 0.906 bits per heavy atom. The number of nitrogens with one attached hydrogen (secondary N) is 2. The highest BCUT2D eigenvalue weighted by atomic mass is 16.3. The molecule has 2 aromatic heterocycles. The van der Waals surface area contributed by atoms with Gasteiger partial charge in [-0.1, -0.05) is 32.0 Å². The third kappa shape index (κ3) is 4.44. The summed E-state index contributed by atoms with van der Waals surface area (Å²) in [5.41, 5.74) is 1.04.